The first kappa shape index (κ1) is 15.5. The van der Waals surface area contributed by atoms with Gasteiger partial charge in [0.25, 0.3) is 0 Å². The Kier molecular flexibility index (Phi) is 3.77. The smallest absolute Gasteiger partial charge is 0.241 e. The van der Waals surface area contributed by atoms with Gasteiger partial charge < -0.3 is 4.90 Å². The third-order valence-corrected chi connectivity index (χ3v) is 4.39. The van der Waals surface area contributed by atoms with Crippen molar-refractivity contribution in [3.8, 4) is 11.3 Å². The van der Waals surface area contributed by atoms with Crippen LogP contribution in [0.4, 0.5) is 5.69 Å². The standard InChI is InChI=1S/C18H17N5O2/c1-21-8-9-22(18(25)11-21)15-5-2-13(3-6-15)16-10-19-17-7-4-14(12-24)20-23(16)17/h2-7,10,12H,8-9,11H2,1H3. The lowest BCUT2D eigenvalue weighted by Crippen LogP contribution is -2.48. The van der Waals surface area contributed by atoms with Gasteiger partial charge in [0.1, 0.15) is 5.69 Å². The average Bonchev–Trinajstić information content (AvgIpc) is 3.05. The van der Waals surface area contributed by atoms with E-state index in [4.69, 9.17) is 0 Å². The molecular formula is C18H17N5O2. The fourth-order valence-electron chi connectivity index (χ4n) is 3.02. The summed E-state index contributed by atoms with van der Waals surface area (Å²) in [7, 11) is 1.95. The van der Waals surface area contributed by atoms with Gasteiger partial charge in [0.05, 0.1) is 18.4 Å². The Labute approximate surface area is 144 Å². The van der Waals surface area contributed by atoms with E-state index in [1.807, 2.05) is 36.2 Å². The van der Waals surface area contributed by atoms with Crippen LogP contribution < -0.4 is 4.90 Å². The van der Waals surface area contributed by atoms with Crippen molar-refractivity contribution < 1.29 is 9.59 Å². The second kappa shape index (κ2) is 6.10. The number of carbonyl (C=O) groups is 2. The number of anilines is 1. The summed E-state index contributed by atoms with van der Waals surface area (Å²) in [5.41, 5.74) is 3.64. The van der Waals surface area contributed by atoms with E-state index >= 15 is 0 Å². The molecule has 3 aromatic rings. The fraction of sp³-hybridized carbons (Fsp3) is 0.222. The normalized spacial score (nSPS) is 15.7. The average molecular weight is 335 g/mol. The third-order valence-electron chi connectivity index (χ3n) is 4.39. The second-order valence-electron chi connectivity index (χ2n) is 6.12. The fourth-order valence-corrected chi connectivity index (χ4v) is 3.02. The van der Waals surface area contributed by atoms with Gasteiger partial charge in [0, 0.05) is 24.3 Å². The molecule has 25 heavy (non-hydrogen) atoms. The van der Waals surface area contributed by atoms with Crippen molar-refractivity contribution in [1.82, 2.24) is 19.5 Å². The zero-order valence-corrected chi connectivity index (χ0v) is 13.8. The first-order valence-corrected chi connectivity index (χ1v) is 8.05. The van der Waals surface area contributed by atoms with Crippen LogP contribution in [0.1, 0.15) is 10.5 Å². The minimum atomic E-state index is 0.105. The van der Waals surface area contributed by atoms with Crippen LogP contribution in [-0.4, -0.2) is 58.4 Å². The van der Waals surface area contributed by atoms with Crippen molar-refractivity contribution in [1.29, 1.82) is 0 Å². The van der Waals surface area contributed by atoms with Crippen LogP contribution in [-0.2, 0) is 4.79 Å². The monoisotopic (exact) mass is 335 g/mol. The van der Waals surface area contributed by atoms with Crippen LogP contribution in [0.2, 0.25) is 0 Å². The summed E-state index contributed by atoms with van der Waals surface area (Å²) in [5, 5.41) is 4.28. The summed E-state index contributed by atoms with van der Waals surface area (Å²) >= 11 is 0. The van der Waals surface area contributed by atoms with Gasteiger partial charge in [-0.05, 0) is 31.3 Å². The number of carbonyl (C=O) groups excluding carboxylic acids is 2. The molecule has 7 nitrogen and oxygen atoms in total. The van der Waals surface area contributed by atoms with Gasteiger partial charge in [0.2, 0.25) is 5.91 Å². The van der Waals surface area contributed by atoms with Crippen molar-refractivity contribution in [2.45, 2.75) is 0 Å². The highest BCUT2D eigenvalue weighted by Crippen LogP contribution is 2.24. The number of hydrogen-bond acceptors (Lipinski definition) is 5. The lowest BCUT2D eigenvalue weighted by molar-refractivity contribution is -0.120. The number of hydrogen-bond donors (Lipinski definition) is 0. The van der Waals surface area contributed by atoms with E-state index in [1.54, 1.807) is 27.7 Å². The van der Waals surface area contributed by atoms with Crippen molar-refractivity contribution in [3.63, 3.8) is 0 Å². The predicted molar refractivity (Wildman–Crippen MR) is 93.7 cm³/mol. The Hall–Kier alpha value is -3.06. The van der Waals surface area contributed by atoms with E-state index in [9.17, 15) is 9.59 Å². The SMILES string of the molecule is CN1CCN(c2ccc(-c3cnc4ccc(C=O)nn34)cc2)C(=O)C1. The van der Waals surface area contributed by atoms with Gasteiger partial charge >= 0.3 is 0 Å². The summed E-state index contributed by atoms with van der Waals surface area (Å²) in [6.45, 7) is 1.99. The molecule has 2 aromatic heterocycles. The number of imidazole rings is 1. The van der Waals surface area contributed by atoms with E-state index in [0.29, 0.717) is 30.7 Å². The molecule has 0 aliphatic carbocycles. The Morgan fingerprint density at radius 3 is 2.60 bits per heavy atom. The molecule has 7 heteroatoms. The summed E-state index contributed by atoms with van der Waals surface area (Å²) < 4.78 is 1.65. The highest BCUT2D eigenvalue weighted by Gasteiger charge is 2.22. The van der Waals surface area contributed by atoms with Crippen molar-refractivity contribution >= 4 is 23.5 Å². The summed E-state index contributed by atoms with van der Waals surface area (Å²) in [5.74, 6) is 0.105. The minimum Gasteiger partial charge on any atom is -0.310 e. The number of benzene rings is 1. The quantitative estimate of drug-likeness (QED) is 0.678. The summed E-state index contributed by atoms with van der Waals surface area (Å²) in [6, 6.07) is 11.2. The number of rotatable bonds is 3. The van der Waals surface area contributed by atoms with Crippen LogP contribution in [0.25, 0.3) is 16.9 Å². The predicted octanol–water partition coefficient (Wildman–Crippen LogP) is 1.49. The largest absolute Gasteiger partial charge is 0.310 e. The molecule has 0 unspecified atom stereocenters. The van der Waals surface area contributed by atoms with Gasteiger partial charge in [-0.25, -0.2) is 9.50 Å². The number of likely N-dealkylation sites (N-methyl/N-ethyl adjacent to an activating group) is 1. The Balaban J connectivity index is 1.66. The molecule has 126 valence electrons. The van der Waals surface area contributed by atoms with Crippen LogP contribution in [0.5, 0.6) is 0 Å². The van der Waals surface area contributed by atoms with Crippen molar-refractivity contribution in [2.75, 3.05) is 31.6 Å². The zero-order valence-electron chi connectivity index (χ0n) is 13.8. The number of aromatic nitrogens is 3. The minimum absolute atomic E-state index is 0.105. The second-order valence-corrected chi connectivity index (χ2v) is 6.12. The van der Waals surface area contributed by atoms with Crippen molar-refractivity contribution in [3.05, 3.63) is 48.3 Å². The molecule has 0 bridgehead atoms. The van der Waals surface area contributed by atoms with Gasteiger partial charge in [-0.2, -0.15) is 5.10 Å². The first-order chi connectivity index (χ1) is 12.2. The van der Waals surface area contributed by atoms with Gasteiger partial charge in [-0.1, -0.05) is 12.1 Å². The molecule has 3 heterocycles. The van der Waals surface area contributed by atoms with E-state index in [2.05, 4.69) is 10.1 Å². The third kappa shape index (κ3) is 2.78. The maximum absolute atomic E-state index is 12.2. The number of nitrogens with zero attached hydrogens (tertiary/aromatic N) is 5. The lowest BCUT2D eigenvalue weighted by Gasteiger charge is -2.32. The molecule has 1 fully saturated rings. The first-order valence-electron chi connectivity index (χ1n) is 8.05. The number of fused-ring (bicyclic) bond motifs is 1. The lowest BCUT2D eigenvalue weighted by atomic mass is 10.1. The van der Waals surface area contributed by atoms with Gasteiger partial charge in [-0.3, -0.25) is 14.5 Å². The van der Waals surface area contributed by atoms with Crippen molar-refractivity contribution in [2.24, 2.45) is 0 Å². The molecule has 1 amide bonds. The molecule has 4 rings (SSSR count). The Bertz CT molecular complexity index is 948. The van der Waals surface area contributed by atoms with E-state index < -0.39 is 0 Å². The van der Waals surface area contributed by atoms with E-state index in [-0.39, 0.29) is 5.91 Å². The molecule has 0 radical (unpaired) electrons. The van der Waals surface area contributed by atoms with E-state index in [1.165, 1.54) is 0 Å². The highest BCUT2D eigenvalue weighted by atomic mass is 16.2. The Morgan fingerprint density at radius 2 is 1.88 bits per heavy atom. The highest BCUT2D eigenvalue weighted by molar-refractivity contribution is 5.95. The molecule has 0 spiro atoms. The maximum Gasteiger partial charge on any atom is 0.241 e. The molecule has 0 atom stereocenters. The van der Waals surface area contributed by atoms with E-state index in [0.717, 1.165) is 23.5 Å². The Morgan fingerprint density at radius 1 is 1.08 bits per heavy atom. The van der Waals surface area contributed by atoms with Crippen LogP contribution in [0, 0.1) is 0 Å². The molecule has 1 saturated heterocycles. The van der Waals surface area contributed by atoms with Crippen LogP contribution in [0.15, 0.2) is 42.6 Å². The topological polar surface area (TPSA) is 70.8 Å². The summed E-state index contributed by atoms with van der Waals surface area (Å²) in [4.78, 5) is 31.3. The van der Waals surface area contributed by atoms with Crippen LogP contribution >= 0.6 is 0 Å². The van der Waals surface area contributed by atoms with Gasteiger partial charge in [0.15, 0.2) is 11.9 Å². The molecule has 0 N–H and O–H groups in total. The molecule has 1 aliphatic rings. The molecule has 1 aliphatic heterocycles. The zero-order chi connectivity index (χ0) is 17.4. The molecular weight excluding hydrogens is 318 g/mol. The molecule has 1 aromatic carbocycles. The maximum atomic E-state index is 12.2. The summed E-state index contributed by atoms with van der Waals surface area (Å²) in [6.07, 6.45) is 2.44. The number of aldehydes is 1. The number of piperazine rings is 1. The van der Waals surface area contributed by atoms with Crippen LogP contribution in [0.3, 0.4) is 0 Å². The van der Waals surface area contributed by atoms with Gasteiger partial charge in [-0.15, -0.1) is 0 Å². The molecule has 0 saturated carbocycles. The number of amides is 1.